The molecule has 6 rings (SSSR count). The van der Waals surface area contributed by atoms with Gasteiger partial charge in [0.2, 0.25) is 17.7 Å². The minimum atomic E-state index is -0.886. The van der Waals surface area contributed by atoms with Crippen molar-refractivity contribution in [1.29, 1.82) is 0 Å². The van der Waals surface area contributed by atoms with E-state index in [0.717, 1.165) is 33.6 Å². The molecule has 2 aliphatic rings. The summed E-state index contributed by atoms with van der Waals surface area (Å²) in [6.07, 6.45) is 0. The molecule has 1 N–H and O–H groups in total. The van der Waals surface area contributed by atoms with E-state index in [0.29, 0.717) is 26.9 Å². The number of nitrogens with zero attached hydrogens (tertiary/aromatic N) is 3. The van der Waals surface area contributed by atoms with Gasteiger partial charge in [-0.1, -0.05) is 52.9 Å². The SMILES string of the molecule is COc1ccc([C@@H]2c3sc(=O)n(CC(=O)Nc4ccc(C)cc4)c3S[C@H]3C(=O)N(c4ccc([N+](=O)[O-])cc4)C(=O)[C@@H]23)cc1. The molecule has 4 aromatic rings. The van der Waals surface area contributed by atoms with Crippen LogP contribution in [0.3, 0.4) is 0 Å². The fourth-order valence-corrected chi connectivity index (χ4v) is 8.16. The molecule has 2 aliphatic heterocycles. The van der Waals surface area contributed by atoms with Crippen LogP contribution < -0.4 is 19.8 Å². The molecule has 11 nitrogen and oxygen atoms in total. The molecular formula is C30H24N4O7S2. The third kappa shape index (κ3) is 5.10. The third-order valence-electron chi connectivity index (χ3n) is 7.48. The molecule has 3 atom stereocenters. The highest BCUT2D eigenvalue weighted by molar-refractivity contribution is 8.00. The number of rotatable bonds is 7. The lowest BCUT2D eigenvalue weighted by molar-refractivity contribution is -0.384. The van der Waals surface area contributed by atoms with E-state index in [2.05, 4.69) is 5.32 Å². The molecule has 1 saturated heterocycles. The summed E-state index contributed by atoms with van der Waals surface area (Å²) in [5.41, 5.74) is 2.40. The first-order chi connectivity index (χ1) is 20.7. The summed E-state index contributed by atoms with van der Waals surface area (Å²) in [6, 6.07) is 19.6. The molecular weight excluding hydrogens is 592 g/mol. The Bertz CT molecular complexity index is 1820. The third-order valence-corrected chi connectivity index (χ3v) is 10.1. The summed E-state index contributed by atoms with van der Waals surface area (Å²) >= 11 is 2.05. The molecule has 0 bridgehead atoms. The van der Waals surface area contributed by atoms with E-state index in [1.54, 1.807) is 36.4 Å². The number of nitrogens with one attached hydrogen (secondary N) is 1. The topological polar surface area (TPSA) is 141 Å². The van der Waals surface area contributed by atoms with Gasteiger partial charge in [-0.25, -0.2) is 4.90 Å². The van der Waals surface area contributed by atoms with Crippen molar-refractivity contribution in [2.45, 2.75) is 29.7 Å². The highest BCUT2D eigenvalue weighted by atomic mass is 32.2. The fraction of sp³-hybridized carbons (Fsp3) is 0.200. The van der Waals surface area contributed by atoms with E-state index < -0.39 is 39.7 Å². The van der Waals surface area contributed by atoms with Crippen molar-refractivity contribution >= 4 is 57.9 Å². The Morgan fingerprint density at radius 1 is 0.977 bits per heavy atom. The van der Waals surface area contributed by atoms with Crippen molar-refractivity contribution in [3.8, 4) is 5.75 Å². The minimum Gasteiger partial charge on any atom is -0.497 e. The predicted molar refractivity (Wildman–Crippen MR) is 162 cm³/mol. The van der Waals surface area contributed by atoms with Gasteiger partial charge in [-0.2, -0.15) is 0 Å². The molecule has 3 aromatic carbocycles. The van der Waals surface area contributed by atoms with E-state index in [-0.39, 0.29) is 22.8 Å². The molecule has 218 valence electrons. The van der Waals surface area contributed by atoms with Gasteiger partial charge >= 0.3 is 4.87 Å². The number of nitro groups is 1. The van der Waals surface area contributed by atoms with Gasteiger partial charge in [0.1, 0.15) is 17.5 Å². The van der Waals surface area contributed by atoms with Crippen LogP contribution in [0.2, 0.25) is 0 Å². The molecule has 13 heteroatoms. The van der Waals surface area contributed by atoms with Crippen molar-refractivity contribution in [3.05, 3.63) is 109 Å². The zero-order chi connectivity index (χ0) is 30.4. The number of thiazole rings is 1. The van der Waals surface area contributed by atoms with E-state index in [9.17, 15) is 29.3 Å². The molecule has 0 saturated carbocycles. The maximum Gasteiger partial charge on any atom is 0.308 e. The number of fused-ring (bicyclic) bond motifs is 2. The summed E-state index contributed by atoms with van der Waals surface area (Å²) in [4.78, 5) is 66.0. The number of hydrogen-bond donors (Lipinski definition) is 1. The number of imide groups is 1. The van der Waals surface area contributed by atoms with Crippen LogP contribution in [0.4, 0.5) is 17.1 Å². The first-order valence-electron chi connectivity index (χ1n) is 13.2. The van der Waals surface area contributed by atoms with Gasteiger partial charge in [-0.05, 0) is 48.9 Å². The van der Waals surface area contributed by atoms with Gasteiger partial charge in [-0.15, -0.1) is 0 Å². The van der Waals surface area contributed by atoms with Gasteiger partial charge < -0.3 is 10.1 Å². The summed E-state index contributed by atoms with van der Waals surface area (Å²) in [7, 11) is 1.54. The summed E-state index contributed by atoms with van der Waals surface area (Å²) in [5.74, 6) is -2.26. The van der Waals surface area contributed by atoms with Crippen LogP contribution in [-0.2, 0) is 20.9 Å². The second-order valence-corrected chi connectivity index (χ2v) is 12.3. The van der Waals surface area contributed by atoms with Crippen molar-refractivity contribution in [2.75, 3.05) is 17.3 Å². The van der Waals surface area contributed by atoms with Crippen LogP contribution in [0.25, 0.3) is 0 Å². The Labute approximate surface area is 253 Å². The van der Waals surface area contributed by atoms with Crippen LogP contribution in [0.5, 0.6) is 5.75 Å². The van der Waals surface area contributed by atoms with Crippen molar-refractivity contribution in [3.63, 3.8) is 0 Å². The van der Waals surface area contributed by atoms with Gasteiger partial charge in [-0.3, -0.25) is 33.9 Å². The monoisotopic (exact) mass is 616 g/mol. The summed E-state index contributed by atoms with van der Waals surface area (Å²) in [5, 5.41) is 13.5. The number of carbonyl (C=O) groups is 3. The zero-order valence-electron chi connectivity index (χ0n) is 22.9. The second-order valence-electron chi connectivity index (χ2n) is 10.1. The second kappa shape index (κ2) is 11.2. The van der Waals surface area contributed by atoms with E-state index >= 15 is 0 Å². The molecule has 43 heavy (non-hydrogen) atoms. The Morgan fingerprint density at radius 2 is 1.65 bits per heavy atom. The number of non-ortho nitro benzene ring substituents is 1. The van der Waals surface area contributed by atoms with Crippen LogP contribution in [0.1, 0.15) is 21.9 Å². The number of methoxy groups -OCH3 is 1. The molecule has 3 amide bonds. The first kappa shape index (κ1) is 28.4. The van der Waals surface area contributed by atoms with Crippen molar-refractivity contribution < 1.29 is 24.0 Å². The molecule has 1 aromatic heterocycles. The summed E-state index contributed by atoms with van der Waals surface area (Å²) in [6.45, 7) is 1.66. The number of aromatic nitrogens is 1. The molecule has 0 aliphatic carbocycles. The minimum absolute atomic E-state index is 0.166. The molecule has 1 fully saturated rings. The maximum atomic E-state index is 14.0. The Kier molecular flexibility index (Phi) is 7.36. The number of anilines is 2. The largest absolute Gasteiger partial charge is 0.497 e. The number of carbonyl (C=O) groups excluding carboxylic acids is 3. The normalized spacial score (nSPS) is 19.1. The lowest BCUT2D eigenvalue weighted by Gasteiger charge is -2.30. The zero-order valence-corrected chi connectivity index (χ0v) is 24.5. The molecule has 0 radical (unpaired) electrons. The average molecular weight is 617 g/mol. The fourth-order valence-electron chi connectivity index (χ4n) is 5.38. The number of thioether (sulfide) groups is 1. The Hall–Kier alpha value is -4.75. The number of aryl methyl sites for hydroxylation is 1. The number of ether oxygens (including phenoxy) is 1. The summed E-state index contributed by atoms with van der Waals surface area (Å²) < 4.78 is 6.65. The average Bonchev–Trinajstić information content (AvgIpc) is 3.44. The van der Waals surface area contributed by atoms with Gasteiger partial charge in [0.05, 0.1) is 28.7 Å². The van der Waals surface area contributed by atoms with Gasteiger partial charge in [0.15, 0.2) is 0 Å². The van der Waals surface area contributed by atoms with Crippen LogP contribution >= 0.6 is 23.1 Å². The highest BCUT2D eigenvalue weighted by Crippen LogP contribution is 2.54. The lowest BCUT2D eigenvalue weighted by Crippen LogP contribution is -2.33. The molecule has 0 unspecified atom stereocenters. The maximum absolute atomic E-state index is 14.0. The van der Waals surface area contributed by atoms with Gasteiger partial charge in [0.25, 0.3) is 5.69 Å². The lowest BCUT2D eigenvalue weighted by atomic mass is 9.83. The Balaban J connectivity index is 1.39. The Morgan fingerprint density at radius 3 is 2.28 bits per heavy atom. The number of nitro benzene ring substituents is 1. The first-order valence-corrected chi connectivity index (χ1v) is 14.9. The van der Waals surface area contributed by atoms with Crippen LogP contribution in [0.15, 0.2) is 82.6 Å². The van der Waals surface area contributed by atoms with Crippen LogP contribution in [-0.4, -0.2) is 39.6 Å². The number of benzene rings is 3. The van der Waals surface area contributed by atoms with E-state index in [1.807, 2.05) is 19.1 Å². The molecule has 3 heterocycles. The van der Waals surface area contributed by atoms with E-state index in [4.69, 9.17) is 4.74 Å². The van der Waals surface area contributed by atoms with E-state index in [1.165, 1.54) is 35.9 Å². The van der Waals surface area contributed by atoms with Crippen molar-refractivity contribution in [2.24, 2.45) is 5.92 Å². The quantitative estimate of drug-likeness (QED) is 0.181. The van der Waals surface area contributed by atoms with Crippen LogP contribution in [0, 0.1) is 23.0 Å². The van der Waals surface area contributed by atoms with Crippen molar-refractivity contribution in [1.82, 2.24) is 4.57 Å². The predicted octanol–water partition coefficient (Wildman–Crippen LogP) is 4.57. The smallest absolute Gasteiger partial charge is 0.308 e. The molecule has 0 spiro atoms. The number of hydrogen-bond acceptors (Lipinski definition) is 9. The standard InChI is InChI=1S/C30H24N4O7S2/c1-16-3-7-18(8-4-16)31-22(35)15-32-29-26(43-30(32)38)23(17-5-13-21(41-2)14-6-17)24-25(42-29)28(37)33(27(24)36)19-9-11-20(12-10-19)34(39)40/h3-14,23-25H,15H2,1-2H3,(H,31,35)/t23-,24-,25+/m0/s1. The van der Waals surface area contributed by atoms with Gasteiger partial charge in [0, 0.05) is 28.6 Å². The highest BCUT2D eigenvalue weighted by Gasteiger charge is 2.56. The number of amides is 3.